The average Bonchev–Trinajstić information content (AvgIpc) is 3.45. The number of ketones is 1. The van der Waals surface area contributed by atoms with Gasteiger partial charge >= 0.3 is 5.97 Å². The third kappa shape index (κ3) is 5.43. The van der Waals surface area contributed by atoms with Gasteiger partial charge in [0, 0.05) is 11.8 Å². The van der Waals surface area contributed by atoms with Crippen LogP contribution in [0, 0.1) is 6.92 Å². The van der Waals surface area contributed by atoms with Gasteiger partial charge in [-0.15, -0.1) is 22.7 Å². The average molecular weight is 447 g/mol. The molecule has 0 saturated heterocycles. The molecule has 0 aliphatic heterocycles. The summed E-state index contributed by atoms with van der Waals surface area (Å²) in [7, 11) is 0. The van der Waals surface area contributed by atoms with Crippen LogP contribution in [0.1, 0.15) is 47.3 Å². The molecule has 0 aliphatic carbocycles. The largest absolute Gasteiger partial charge is 0.459 e. The lowest BCUT2D eigenvalue weighted by Gasteiger charge is -2.02. The molecule has 0 bridgehead atoms. The van der Waals surface area contributed by atoms with Gasteiger partial charge < -0.3 is 19.8 Å². The Morgan fingerprint density at radius 1 is 1.13 bits per heavy atom. The lowest BCUT2D eigenvalue weighted by atomic mass is 10.3. The van der Waals surface area contributed by atoms with Gasteiger partial charge in [-0.2, -0.15) is 0 Å². The summed E-state index contributed by atoms with van der Waals surface area (Å²) in [6.07, 6.45) is 1.39. The van der Waals surface area contributed by atoms with Gasteiger partial charge in [0.2, 0.25) is 11.7 Å². The maximum atomic E-state index is 12.4. The van der Waals surface area contributed by atoms with Gasteiger partial charge in [-0.05, 0) is 42.8 Å². The van der Waals surface area contributed by atoms with Crippen LogP contribution < -0.4 is 10.6 Å². The van der Waals surface area contributed by atoms with Crippen molar-refractivity contribution in [3.63, 3.8) is 0 Å². The Labute approximate surface area is 179 Å². The SMILES string of the molecule is CC(=O)NCc1ccc(C(=O)COC(=O)c2sc(NC(=O)c3ccco3)cc2C)s1. The second kappa shape index (κ2) is 9.51. The fourth-order valence-corrected chi connectivity index (χ4v) is 4.26. The number of carbonyl (C=O) groups excluding carboxylic acids is 4. The summed E-state index contributed by atoms with van der Waals surface area (Å²) in [5.74, 6) is -1.40. The van der Waals surface area contributed by atoms with Crippen molar-refractivity contribution in [2.75, 3.05) is 11.9 Å². The quantitative estimate of drug-likeness (QED) is 0.403. The molecule has 2 N–H and O–H groups in total. The number of amides is 2. The molecule has 0 radical (unpaired) electrons. The fourth-order valence-electron chi connectivity index (χ4n) is 2.43. The molecule has 3 aromatic rings. The van der Waals surface area contributed by atoms with Gasteiger partial charge in [-0.3, -0.25) is 14.4 Å². The number of Topliss-reactive ketones (excluding diaryl/α,β-unsaturated/α-hetero) is 1. The number of carbonyl (C=O) groups is 4. The number of ether oxygens (including phenoxy) is 1. The Morgan fingerprint density at radius 3 is 2.63 bits per heavy atom. The zero-order valence-electron chi connectivity index (χ0n) is 16.1. The summed E-state index contributed by atoms with van der Waals surface area (Å²) in [6, 6.07) is 8.16. The molecule has 0 saturated carbocycles. The highest BCUT2D eigenvalue weighted by molar-refractivity contribution is 7.18. The second-order valence-corrected chi connectivity index (χ2v) is 8.45. The van der Waals surface area contributed by atoms with Crippen LogP contribution in [0.2, 0.25) is 0 Å². The minimum absolute atomic E-state index is 0.156. The summed E-state index contributed by atoms with van der Waals surface area (Å²) < 4.78 is 10.2. The van der Waals surface area contributed by atoms with Crippen LogP contribution in [0.5, 0.6) is 0 Å². The number of anilines is 1. The number of rotatable bonds is 8. The smallest absolute Gasteiger partial charge is 0.349 e. The van der Waals surface area contributed by atoms with Gasteiger partial charge in [0.25, 0.3) is 5.91 Å². The lowest BCUT2D eigenvalue weighted by molar-refractivity contribution is -0.119. The standard InChI is InChI=1S/C20H18N2O6S2/c1-11-8-17(22-19(25)15-4-3-7-27-15)30-18(11)20(26)28-10-14(24)16-6-5-13(29-16)9-21-12(2)23/h3-8H,9-10H2,1-2H3,(H,21,23)(H,22,25). The molecule has 0 atom stereocenters. The van der Waals surface area contributed by atoms with E-state index in [4.69, 9.17) is 9.15 Å². The third-order valence-corrected chi connectivity index (χ3v) is 6.13. The number of hydrogen-bond acceptors (Lipinski definition) is 8. The predicted molar refractivity (Wildman–Crippen MR) is 112 cm³/mol. The van der Waals surface area contributed by atoms with Crippen molar-refractivity contribution in [2.24, 2.45) is 0 Å². The summed E-state index contributed by atoms with van der Waals surface area (Å²) in [4.78, 5) is 49.2. The minimum Gasteiger partial charge on any atom is -0.459 e. The van der Waals surface area contributed by atoms with E-state index in [-0.39, 0.29) is 17.5 Å². The van der Waals surface area contributed by atoms with Crippen LogP contribution in [0.25, 0.3) is 0 Å². The van der Waals surface area contributed by atoms with Crippen molar-refractivity contribution in [1.29, 1.82) is 0 Å². The monoisotopic (exact) mass is 446 g/mol. The Bertz CT molecular complexity index is 1080. The maximum Gasteiger partial charge on any atom is 0.349 e. The van der Waals surface area contributed by atoms with Crippen LogP contribution in [-0.4, -0.2) is 30.2 Å². The molecule has 0 fully saturated rings. The number of furan rings is 1. The maximum absolute atomic E-state index is 12.4. The van der Waals surface area contributed by atoms with Crippen molar-refractivity contribution < 1.29 is 28.3 Å². The summed E-state index contributed by atoms with van der Waals surface area (Å²) in [5, 5.41) is 5.78. The first-order chi connectivity index (χ1) is 14.3. The van der Waals surface area contributed by atoms with Crippen LogP contribution >= 0.6 is 22.7 Å². The van der Waals surface area contributed by atoms with Gasteiger partial charge in [-0.25, -0.2) is 4.79 Å². The molecule has 3 aromatic heterocycles. The first-order valence-corrected chi connectivity index (χ1v) is 10.5. The number of aryl methyl sites for hydroxylation is 1. The van der Waals surface area contributed by atoms with Gasteiger partial charge in [0.15, 0.2) is 12.4 Å². The first kappa shape index (κ1) is 21.5. The van der Waals surface area contributed by atoms with Crippen LogP contribution in [-0.2, 0) is 16.1 Å². The van der Waals surface area contributed by atoms with E-state index in [0.717, 1.165) is 16.2 Å². The Hall–Kier alpha value is -3.24. The van der Waals surface area contributed by atoms with E-state index in [1.165, 1.54) is 30.6 Å². The van der Waals surface area contributed by atoms with Crippen molar-refractivity contribution in [3.8, 4) is 0 Å². The van der Waals surface area contributed by atoms with Crippen molar-refractivity contribution in [3.05, 3.63) is 62.6 Å². The molecular weight excluding hydrogens is 428 g/mol. The van der Waals surface area contributed by atoms with E-state index >= 15 is 0 Å². The number of hydrogen-bond donors (Lipinski definition) is 2. The molecule has 156 valence electrons. The van der Waals surface area contributed by atoms with Crippen LogP contribution in [0.3, 0.4) is 0 Å². The highest BCUT2D eigenvalue weighted by atomic mass is 32.1. The van der Waals surface area contributed by atoms with Gasteiger partial charge in [0.05, 0.1) is 22.7 Å². The zero-order chi connectivity index (χ0) is 21.7. The number of esters is 1. The molecule has 0 aliphatic rings. The van der Waals surface area contributed by atoms with Crippen LogP contribution in [0.4, 0.5) is 5.00 Å². The molecule has 3 rings (SSSR count). The molecule has 0 aromatic carbocycles. The molecule has 2 amide bonds. The fraction of sp³-hybridized carbons (Fsp3) is 0.200. The zero-order valence-corrected chi connectivity index (χ0v) is 17.8. The highest BCUT2D eigenvalue weighted by Crippen LogP contribution is 2.28. The summed E-state index contributed by atoms with van der Waals surface area (Å²) in [6.45, 7) is 3.07. The van der Waals surface area contributed by atoms with E-state index in [9.17, 15) is 19.2 Å². The molecule has 0 unspecified atom stereocenters. The van der Waals surface area contributed by atoms with Gasteiger partial charge in [-0.1, -0.05) is 0 Å². The molecule has 0 spiro atoms. The van der Waals surface area contributed by atoms with Crippen molar-refractivity contribution in [2.45, 2.75) is 20.4 Å². The number of nitrogens with one attached hydrogen (secondary N) is 2. The van der Waals surface area contributed by atoms with Gasteiger partial charge in [0.1, 0.15) is 4.88 Å². The molecular formula is C20H18N2O6S2. The Balaban J connectivity index is 1.56. The van der Waals surface area contributed by atoms with E-state index in [0.29, 0.717) is 26.9 Å². The number of thiophene rings is 2. The summed E-state index contributed by atoms with van der Waals surface area (Å²) in [5.41, 5.74) is 0.626. The second-order valence-electron chi connectivity index (χ2n) is 6.23. The Morgan fingerprint density at radius 2 is 1.93 bits per heavy atom. The molecule has 10 heteroatoms. The first-order valence-electron chi connectivity index (χ1n) is 8.82. The predicted octanol–water partition coefficient (Wildman–Crippen LogP) is 3.64. The van der Waals surface area contributed by atoms with E-state index < -0.39 is 18.5 Å². The summed E-state index contributed by atoms with van der Waals surface area (Å²) >= 11 is 2.29. The third-order valence-electron chi connectivity index (χ3n) is 3.87. The molecule has 8 nitrogen and oxygen atoms in total. The topological polar surface area (TPSA) is 115 Å². The highest BCUT2D eigenvalue weighted by Gasteiger charge is 2.19. The normalized spacial score (nSPS) is 10.5. The lowest BCUT2D eigenvalue weighted by Crippen LogP contribution is -2.18. The van der Waals surface area contributed by atoms with Crippen LogP contribution in [0.15, 0.2) is 41.0 Å². The van der Waals surface area contributed by atoms with Crippen molar-refractivity contribution >= 4 is 51.2 Å². The van der Waals surface area contributed by atoms with E-state index in [2.05, 4.69) is 10.6 Å². The molecule has 30 heavy (non-hydrogen) atoms. The molecule has 3 heterocycles. The Kier molecular flexibility index (Phi) is 6.80. The minimum atomic E-state index is -0.639. The van der Waals surface area contributed by atoms with E-state index in [1.807, 2.05) is 0 Å². The van der Waals surface area contributed by atoms with Crippen molar-refractivity contribution in [1.82, 2.24) is 5.32 Å². The van der Waals surface area contributed by atoms with E-state index in [1.54, 1.807) is 31.2 Å².